The molecule has 0 saturated carbocycles. The molecule has 3 rings (SSSR count). The van der Waals surface area contributed by atoms with Crippen molar-refractivity contribution >= 4 is 23.1 Å². The molecule has 1 fully saturated rings. The molecule has 1 saturated heterocycles. The Labute approximate surface area is 159 Å². The summed E-state index contributed by atoms with van der Waals surface area (Å²) in [7, 11) is 1.67. The minimum absolute atomic E-state index is 0.207. The zero-order valence-corrected chi connectivity index (χ0v) is 16.2. The number of rotatable bonds is 7. The van der Waals surface area contributed by atoms with Crippen LogP contribution < -0.4 is 21.7 Å². The second-order valence-electron chi connectivity index (χ2n) is 7.29. The van der Waals surface area contributed by atoms with Gasteiger partial charge in [-0.2, -0.15) is 9.61 Å². The number of aliphatic hydroxyl groups is 1. The lowest BCUT2D eigenvalue weighted by Crippen LogP contribution is -2.43. The van der Waals surface area contributed by atoms with E-state index in [1.807, 2.05) is 12.3 Å². The molecular formula is C18H30N8O. The second-order valence-corrected chi connectivity index (χ2v) is 7.29. The zero-order chi connectivity index (χ0) is 19.4. The number of amidine groups is 1. The van der Waals surface area contributed by atoms with E-state index in [0.717, 1.165) is 35.8 Å². The molecular weight excluding hydrogens is 344 g/mol. The Balaban J connectivity index is 1.85. The number of anilines is 2. The Morgan fingerprint density at radius 3 is 3.00 bits per heavy atom. The molecule has 148 valence electrons. The van der Waals surface area contributed by atoms with Gasteiger partial charge in [0.2, 0.25) is 0 Å². The quantitative estimate of drug-likeness (QED) is 0.356. The molecule has 3 heterocycles. The van der Waals surface area contributed by atoms with Gasteiger partial charge in [0.1, 0.15) is 17.5 Å². The van der Waals surface area contributed by atoms with Crippen LogP contribution in [0.1, 0.15) is 31.7 Å². The highest BCUT2D eigenvalue weighted by Gasteiger charge is 2.23. The highest BCUT2D eigenvalue weighted by molar-refractivity contribution is 5.84. The fourth-order valence-corrected chi connectivity index (χ4v) is 3.23. The molecule has 2 atom stereocenters. The number of fused-ring (bicyclic) bond motifs is 1. The standard InChI is InChI=1S/C18H30N8O/c1-11(2)13-8-24-26-17(23-10-15(19)20-3)6-16(25-18(13)26)22-7-12-4-5-21-9-14(12)27/h6,8,11-12,14,21,23,27H,4-5,7,9-10H2,1-3H3,(H2,19,20)(H,22,25)/t12-,14+/m1/s1. The number of aliphatic imine (C=N–C) groups is 1. The van der Waals surface area contributed by atoms with Crippen molar-refractivity contribution in [3.05, 3.63) is 17.8 Å². The van der Waals surface area contributed by atoms with Gasteiger partial charge in [-0.15, -0.1) is 0 Å². The number of nitrogens with two attached hydrogens (primary N) is 1. The van der Waals surface area contributed by atoms with Crippen LogP contribution in [0.2, 0.25) is 0 Å². The molecule has 9 nitrogen and oxygen atoms in total. The van der Waals surface area contributed by atoms with Crippen LogP contribution in [0.15, 0.2) is 17.3 Å². The highest BCUT2D eigenvalue weighted by atomic mass is 16.3. The van der Waals surface area contributed by atoms with E-state index in [-0.39, 0.29) is 12.0 Å². The maximum Gasteiger partial charge on any atom is 0.163 e. The Kier molecular flexibility index (Phi) is 6.12. The van der Waals surface area contributed by atoms with Gasteiger partial charge >= 0.3 is 0 Å². The first-order valence-electron chi connectivity index (χ1n) is 9.46. The van der Waals surface area contributed by atoms with Crippen LogP contribution in [-0.2, 0) is 0 Å². The van der Waals surface area contributed by atoms with Gasteiger partial charge in [0.05, 0.1) is 18.8 Å². The van der Waals surface area contributed by atoms with Crippen LogP contribution in [0.25, 0.3) is 5.65 Å². The van der Waals surface area contributed by atoms with Crippen LogP contribution in [0.3, 0.4) is 0 Å². The van der Waals surface area contributed by atoms with Gasteiger partial charge in [-0.05, 0) is 18.9 Å². The summed E-state index contributed by atoms with van der Waals surface area (Å²) in [5.74, 6) is 2.59. The molecule has 0 amide bonds. The van der Waals surface area contributed by atoms with Gasteiger partial charge in [0, 0.05) is 37.7 Å². The first kappa shape index (κ1) is 19.4. The van der Waals surface area contributed by atoms with Gasteiger partial charge in [-0.3, -0.25) is 4.99 Å². The second kappa shape index (κ2) is 8.53. The first-order chi connectivity index (χ1) is 13.0. The predicted molar refractivity (Wildman–Crippen MR) is 109 cm³/mol. The largest absolute Gasteiger partial charge is 0.391 e. The molecule has 0 spiro atoms. The van der Waals surface area contributed by atoms with E-state index in [1.165, 1.54) is 0 Å². The highest BCUT2D eigenvalue weighted by Crippen LogP contribution is 2.24. The molecule has 9 heteroatoms. The number of nitrogens with one attached hydrogen (secondary N) is 3. The molecule has 0 aliphatic carbocycles. The maximum atomic E-state index is 10.2. The van der Waals surface area contributed by atoms with Crippen LogP contribution in [0.4, 0.5) is 11.6 Å². The summed E-state index contributed by atoms with van der Waals surface area (Å²) in [4.78, 5) is 8.75. The monoisotopic (exact) mass is 374 g/mol. The number of nitrogens with zero attached hydrogens (tertiary/aromatic N) is 4. The number of hydrogen-bond donors (Lipinski definition) is 5. The number of hydrogen-bond acceptors (Lipinski definition) is 7. The van der Waals surface area contributed by atoms with Gasteiger partial charge in [0.25, 0.3) is 0 Å². The van der Waals surface area contributed by atoms with E-state index in [9.17, 15) is 5.11 Å². The number of piperidine rings is 1. The molecule has 2 aromatic heterocycles. The van der Waals surface area contributed by atoms with Gasteiger partial charge < -0.3 is 26.8 Å². The van der Waals surface area contributed by atoms with E-state index in [4.69, 9.17) is 10.7 Å². The predicted octanol–water partition coefficient (Wildman–Crippen LogP) is 0.634. The Morgan fingerprint density at radius 1 is 1.48 bits per heavy atom. The summed E-state index contributed by atoms with van der Waals surface area (Å²) in [5.41, 5.74) is 7.72. The molecule has 0 aromatic carbocycles. The first-order valence-corrected chi connectivity index (χ1v) is 9.46. The van der Waals surface area contributed by atoms with E-state index >= 15 is 0 Å². The van der Waals surface area contributed by atoms with Crippen molar-refractivity contribution < 1.29 is 5.11 Å². The van der Waals surface area contributed by atoms with Crippen molar-refractivity contribution in [2.24, 2.45) is 16.6 Å². The summed E-state index contributed by atoms with van der Waals surface area (Å²) in [6.07, 6.45) is 2.46. The summed E-state index contributed by atoms with van der Waals surface area (Å²) in [6.45, 7) is 6.92. The van der Waals surface area contributed by atoms with Crippen molar-refractivity contribution in [1.29, 1.82) is 0 Å². The average molecular weight is 374 g/mol. The topological polar surface area (TPSA) is 125 Å². The van der Waals surface area contributed by atoms with E-state index in [0.29, 0.717) is 31.4 Å². The lowest BCUT2D eigenvalue weighted by molar-refractivity contribution is 0.0883. The van der Waals surface area contributed by atoms with Crippen molar-refractivity contribution in [1.82, 2.24) is 19.9 Å². The summed E-state index contributed by atoms with van der Waals surface area (Å²) in [5, 5.41) is 24.5. The van der Waals surface area contributed by atoms with Gasteiger partial charge in [0.15, 0.2) is 5.65 Å². The number of aliphatic hydroxyl groups excluding tert-OH is 1. The van der Waals surface area contributed by atoms with Crippen LogP contribution >= 0.6 is 0 Å². The van der Waals surface area contributed by atoms with Gasteiger partial charge in [-0.1, -0.05) is 13.8 Å². The fraction of sp³-hybridized carbons (Fsp3) is 0.611. The third-order valence-electron chi connectivity index (χ3n) is 4.99. The Bertz CT molecular complexity index is 800. The molecule has 0 radical (unpaired) electrons. The summed E-state index contributed by atoms with van der Waals surface area (Å²) < 4.78 is 1.79. The Morgan fingerprint density at radius 2 is 2.30 bits per heavy atom. The van der Waals surface area contributed by atoms with E-state index in [1.54, 1.807) is 11.6 Å². The fourth-order valence-electron chi connectivity index (χ4n) is 3.23. The molecule has 0 bridgehead atoms. The normalized spacial score (nSPS) is 21.0. The molecule has 2 aromatic rings. The number of β-amino-alcohol motifs (C(OH)–C–C–N with tert-alkyl or cyclic N) is 1. The van der Waals surface area contributed by atoms with Crippen molar-refractivity contribution in [2.45, 2.75) is 32.3 Å². The Hall–Kier alpha value is -2.39. The van der Waals surface area contributed by atoms with Crippen molar-refractivity contribution in [3.8, 4) is 0 Å². The SMILES string of the molecule is CN=C(N)CNc1cc(NC[C@H]2CCNC[C@@H]2O)nc2c(C(C)C)cnn12. The average Bonchev–Trinajstić information content (AvgIpc) is 3.09. The lowest BCUT2D eigenvalue weighted by atomic mass is 9.95. The molecule has 1 aliphatic rings. The lowest BCUT2D eigenvalue weighted by Gasteiger charge is -2.28. The minimum Gasteiger partial charge on any atom is -0.391 e. The third-order valence-corrected chi connectivity index (χ3v) is 4.99. The smallest absolute Gasteiger partial charge is 0.163 e. The maximum absolute atomic E-state index is 10.2. The van der Waals surface area contributed by atoms with E-state index in [2.05, 4.69) is 39.9 Å². The third kappa shape index (κ3) is 4.48. The molecule has 0 unspecified atom stereocenters. The minimum atomic E-state index is -0.339. The van der Waals surface area contributed by atoms with Crippen LogP contribution in [0.5, 0.6) is 0 Å². The molecule has 6 N–H and O–H groups in total. The summed E-state index contributed by atoms with van der Waals surface area (Å²) >= 11 is 0. The summed E-state index contributed by atoms with van der Waals surface area (Å²) in [6, 6.07) is 1.92. The van der Waals surface area contributed by atoms with Crippen molar-refractivity contribution in [2.75, 3.05) is 43.9 Å². The van der Waals surface area contributed by atoms with Gasteiger partial charge in [-0.25, -0.2) is 4.98 Å². The molecule has 1 aliphatic heterocycles. The van der Waals surface area contributed by atoms with E-state index < -0.39 is 0 Å². The van der Waals surface area contributed by atoms with Crippen molar-refractivity contribution in [3.63, 3.8) is 0 Å². The zero-order valence-electron chi connectivity index (χ0n) is 16.2. The molecule has 27 heavy (non-hydrogen) atoms. The number of aromatic nitrogens is 3. The van der Waals surface area contributed by atoms with Crippen LogP contribution in [-0.4, -0.2) is 64.9 Å². The van der Waals surface area contributed by atoms with Crippen LogP contribution in [0, 0.1) is 5.92 Å².